The van der Waals surface area contributed by atoms with Crippen LogP contribution in [0.25, 0.3) is 0 Å². The standard InChI is InChI=1S/C18H28FN2O4P/c1-2-3-4-5-6-7-8-14-9-11-15(12-10-14)21-18(22)16(20)13-17(19)26(23,24)25/h9-13,16H,2-8,20H2,1H3,(H,21,22)(H2,23,24,25)/b17-13+/t16-/m1/s1. The predicted molar refractivity (Wildman–Crippen MR) is 101 cm³/mol. The van der Waals surface area contributed by atoms with E-state index in [1.165, 1.54) is 32.1 Å². The summed E-state index contributed by atoms with van der Waals surface area (Å²) in [6.45, 7) is 2.19. The number of hydrogen-bond acceptors (Lipinski definition) is 3. The first-order valence-corrected chi connectivity index (χ1v) is 10.4. The summed E-state index contributed by atoms with van der Waals surface area (Å²) in [5.41, 5.74) is 5.37. The van der Waals surface area contributed by atoms with Crippen LogP contribution in [0.1, 0.15) is 51.0 Å². The highest BCUT2D eigenvalue weighted by molar-refractivity contribution is 7.56. The maximum absolute atomic E-state index is 13.2. The minimum atomic E-state index is -5.03. The van der Waals surface area contributed by atoms with Gasteiger partial charge in [-0.05, 0) is 36.6 Å². The summed E-state index contributed by atoms with van der Waals surface area (Å²) in [4.78, 5) is 29.2. The minimum absolute atomic E-state index is 0.420. The molecule has 1 amide bonds. The predicted octanol–water partition coefficient (Wildman–Crippen LogP) is 3.84. The van der Waals surface area contributed by atoms with Crippen LogP contribution in [0.3, 0.4) is 0 Å². The van der Waals surface area contributed by atoms with Crippen molar-refractivity contribution in [2.24, 2.45) is 5.73 Å². The molecule has 0 spiro atoms. The largest absolute Gasteiger partial charge is 0.384 e. The third-order valence-corrected chi connectivity index (χ3v) is 4.64. The Morgan fingerprint density at radius 1 is 1.19 bits per heavy atom. The van der Waals surface area contributed by atoms with Crippen LogP contribution < -0.4 is 11.1 Å². The summed E-state index contributed by atoms with van der Waals surface area (Å²) in [6, 6.07) is 5.75. The second kappa shape index (κ2) is 11.2. The molecule has 0 fully saturated rings. The molecule has 0 heterocycles. The smallest absolute Gasteiger partial charge is 0.324 e. The Kier molecular flexibility index (Phi) is 9.73. The number of nitrogens with one attached hydrogen (secondary N) is 1. The van der Waals surface area contributed by atoms with Crippen molar-refractivity contribution in [3.05, 3.63) is 41.5 Å². The maximum Gasteiger partial charge on any atom is 0.384 e. The summed E-state index contributed by atoms with van der Waals surface area (Å²) >= 11 is 0. The quantitative estimate of drug-likeness (QED) is 0.341. The molecule has 0 bridgehead atoms. The molecule has 0 aliphatic rings. The number of nitrogens with two attached hydrogens (primary N) is 1. The molecule has 0 aliphatic carbocycles. The van der Waals surface area contributed by atoms with E-state index in [1.807, 2.05) is 12.1 Å². The van der Waals surface area contributed by atoms with Crippen LogP contribution in [-0.2, 0) is 15.8 Å². The van der Waals surface area contributed by atoms with Crippen LogP contribution in [0, 0.1) is 0 Å². The molecule has 6 nitrogen and oxygen atoms in total. The molecule has 0 aliphatic heterocycles. The van der Waals surface area contributed by atoms with Crippen LogP contribution >= 0.6 is 7.60 Å². The highest BCUT2D eigenvalue weighted by atomic mass is 31.2. The molecule has 8 heteroatoms. The van der Waals surface area contributed by atoms with Crippen LogP contribution in [-0.4, -0.2) is 21.7 Å². The van der Waals surface area contributed by atoms with Gasteiger partial charge in [0.2, 0.25) is 11.5 Å². The van der Waals surface area contributed by atoms with Crippen molar-refractivity contribution in [1.29, 1.82) is 0 Å². The molecule has 1 aromatic rings. The molecule has 1 rings (SSSR count). The van der Waals surface area contributed by atoms with E-state index in [-0.39, 0.29) is 0 Å². The number of anilines is 1. The molecule has 146 valence electrons. The molecule has 26 heavy (non-hydrogen) atoms. The van der Waals surface area contributed by atoms with Crippen LogP contribution in [0.4, 0.5) is 10.1 Å². The summed E-state index contributed by atoms with van der Waals surface area (Å²) in [7, 11) is -5.03. The summed E-state index contributed by atoms with van der Waals surface area (Å²) < 4.78 is 23.9. The maximum atomic E-state index is 13.2. The fourth-order valence-corrected chi connectivity index (χ4v) is 2.77. The van der Waals surface area contributed by atoms with Crippen molar-refractivity contribution in [3.8, 4) is 0 Å². The molecular formula is C18H28FN2O4P. The molecular weight excluding hydrogens is 358 g/mol. The van der Waals surface area contributed by atoms with Gasteiger partial charge >= 0.3 is 7.60 Å². The van der Waals surface area contributed by atoms with Crippen molar-refractivity contribution in [3.63, 3.8) is 0 Å². The number of unbranched alkanes of at least 4 members (excludes halogenated alkanes) is 5. The first kappa shape index (κ1) is 22.5. The first-order valence-electron chi connectivity index (χ1n) is 8.83. The van der Waals surface area contributed by atoms with E-state index in [0.717, 1.165) is 18.4 Å². The van der Waals surface area contributed by atoms with E-state index >= 15 is 0 Å². The SMILES string of the molecule is CCCCCCCCc1ccc(NC(=O)[C@H](N)/C=C(\F)P(=O)(O)O)cc1. The van der Waals surface area contributed by atoms with Crippen molar-refractivity contribution in [2.45, 2.75) is 57.9 Å². The second-order valence-electron chi connectivity index (χ2n) is 6.26. The molecule has 0 saturated heterocycles. The Hall–Kier alpha value is -1.53. The second-order valence-corrected chi connectivity index (χ2v) is 7.78. The number of hydrogen-bond donors (Lipinski definition) is 4. The normalized spacial score (nSPS) is 13.5. The number of carbonyl (C=O) groups excluding carboxylic acids is 1. The average Bonchev–Trinajstić information content (AvgIpc) is 2.58. The third kappa shape index (κ3) is 8.72. The van der Waals surface area contributed by atoms with Gasteiger partial charge < -0.3 is 20.8 Å². The van der Waals surface area contributed by atoms with E-state index in [9.17, 15) is 13.8 Å². The lowest BCUT2D eigenvalue weighted by atomic mass is 10.0. The van der Waals surface area contributed by atoms with Crippen molar-refractivity contribution in [2.75, 3.05) is 5.32 Å². The highest BCUT2D eigenvalue weighted by Gasteiger charge is 2.23. The lowest BCUT2D eigenvalue weighted by molar-refractivity contribution is -0.116. The van der Waals surface area contributed by atoms with Gasteiger partial charge in [-0.1, -0.05) is 51.2 Å². The Balaban J connectivity index is 2.46. The van der Waals surface area contributed by atoms with Crippen molar-refractivity contribution >= 4 is 19.2 Å². The van der Waals surface area contributed by atoms with Crippen molar-refractivity contribution in [1.82, 2.24) is 0 Å². The zero-order valence-corrected chi connectivity index (χ0v) is 15.9. The number of amides is 1. The van der Waals surface area contributed by atoms with E-state index in [4.69, 9.17) is 15.5 Å². The molecule has 1 atom stereocenters. The van der Waals surface area contributed by atoms with Gasteiger partial charge in [-0.15, -0.1) is 0 Å². The molecule has 0 saturated carbocycles. The van der Waals surface area contributed by atoms with Gasteiger partial charge in [0.05, 0.1) is 0 Å². The molecule has 1 aromatic carbocycles. The number of carbonyl (C=O) groups is 1. The molecule has 0 unspecified atom stereocenters. The van der Waals surface area contributed by atoms with Crippen LogP contribution in [0.2, 0.25) is 0 Å². The Bertz CT molecular complexity index is 643. The summed E-state index contributed by atoms with van der Waals surface area (Å²) in [5, 5.41) is 2.49. The average molecular weight is 386 g/mol. The van der Waals surface area contributed by atoms with Crippen molar-refractivity contribution < 1.29 is 23.5 Å². The van der Waals surface area contributed by atoms with Gasteiger partial charge in [0.15, 0.2) is 0 Å². The zero-order chi connectivity index (χ0) is 19.6. The lowest BCUT2D eigenvalue weighted by Crippen LogP contribution is -2.34. The zero-order valence-electron chi connectivity index (χ0n) is 15.0. The van der Waals surface area contributed by atoms with E-state index in [2.05, 4.69) is 12.2 Å². The lowest BCUT2D eigenvalue weighted by Gasteiger charge is -2.10. The van der Waals surface area contributed by atoms with Gasteiger partial charge in [0.1, 0.15) is 6.04 Å². The highest BCUT2D eigenvalue weighted by Crippen LogP contribution is 2.45. The summed E-state index contributed by atoms with van der Waals surface area (Å²) in [6.07, 6.45) is 8.75. The van der Waals surface area contributed by atoms with Gasteiger partial charge in [-0.25, -0.2) is 0 Å². The van der Waals surface area contributed by atoms with Gasteiger partial charge in [-0.2, -0.15) is 4.39 Å². The number of rotatable bonds is 11. The minimum Gasteiger partial charge on any atom is -0.324 e. The Morgan fingerprint density at radius 3 is 2.35 bits per heavy atom. The molecule has 5 N–H and O–H groups in total. The topological polar surface area (TPSA) is 113 Å². The van der Waals surface area contributed by atoms with Gasteiger partial charge in [0, 0.05) is 5.69 Å². The Labute approximate surface area is 153 Å². The van der Waals surface area contributed by atoms with E-state index < -0.39 is 25.1 Å². The number of aryl methyl sites for hydroxylation is 1. The summed E-state index contributed by atoms with van der Waals surface area (Å²) in [5.74, 6) is -0.753. The number of benzene rings is 1. The van der Waals surface area contributed by atoms with Gasteiger partial charge in [-0.3, -0.25) is 9.36 Å². The van der Waals surface area contributed by atoms with Gasteiger partial charge in [0.25, 0.3) is 0 Å². The number of halogens is 1. The Morgan fingerprint density at radius 2 is 1.77 bits per heavy atom. The first-order chi connectivity index (χ1) is 12.2. The fourth-order valence-electron chi connectivity index (χ4n) is 2.41. The fraction of sp³-hybridized carbons (Fsp3) is 0.500. The third-order valence-electron chi connectivity index (χ3n) is 3.94. The van der Waals surface area contributed by atoms with Crippen LogP contribution in [0.15, 0.2) is 35.9 Å². The van der Waals surface area contributed by atoms with Crippen LogP contribution in [0.5, 0.6) is 0 Å². The molecule has 0 aromatic heterocycles. The van der Waals surface area contributed by atoms with E-state index in [1.54, 1.807) is 12.1 Å². The van der Waals surface area contributed by atoms with E-state index in [0.29, 0.717) is 11.8 Å². The molecule has 0 radical (unpaired) electrons. The monoisotopic (exact) mass is 386 g/mol.